The summed E-state index contributed by atoms with van der Waals surface area (Å²) in [6.45, 7) is 4.76. The number of benzene rings is 1. The second-order valence-electron chi connectivity index (χ2n) is 4.90. The lowest BCUT2D eigenvalue weighted by Gasteiger charge is -2.19. The van der Waals surface area contributed by atoms with Crippen molar-refractivity contribution in [3.63, 3.8) is 0 Å². The number of rotatable bonds is 1. The first-order chi connectivity index (χ1) is 7.93. The molecular formula is C14H20N2. The Labute approximate surface area is 97.6 Å². The Morgan fingerprint density at radius 3 is 2.50 bits per heavy atom. The van der Waals surface area contributed by atoms with Crippen molar-refractivity contribution in [2.45, 2.75) is 25.7 Å². The van der Waals surface area contributed by atoms with Gasteiger partial charge in [0.25, 0.3) is 0 Å². The van der Waals surface area contributed by atoms with E-state index in [0.29, 0.717) is 0 Å². The van der Waals surface area contributed by atoms with E-state index in [1.807, 2.05) is 0 Å². The van der Waals surface area contributed by atoms with Gasteiger partial charge in [-0.1, -0.05) is 6.07 Å². The Morgan fingerprint density at radius 1 is 0.938 bits per heavy atom. The molecule has 0 unspecified atom stereocenters. The molecule has 2 aliphatic heterocycles. The van der Waals surface area contributed by atoms with Crippen molar-refractivity contribution in [1.29, 1.82) is 0 Å². The third-order valence-electron chi connectivity index (χ3n) is 3.80. The standard InChI is InChI=1S/C14H20N2/c1-2-10-16(9-1)14-4-3-12-5-7-15-8-6-13(12)11-14/h3-4,11,15H,1-2,5-10H2. The van der Waals surface area contributed by atoms with E-state index in [4.69, 9.17) is 0 Å². The third-order valence-corrected chi connectivity index (χ3v) is 3.80. The number of anilines is 1. The molecule has 1 saturated heterocycles. The zero-order valence-corrected chi connectivity index (χ0v) is 9.84. The lowest BCUT2D eigenvalue weighted by atomic mass is 10.0. The SMILES string of the molecule is c1cc2c(cc1N1CCCC1)CCNCC2. The van der Waals surface area contributed by atoms with Gasteiger partial charge in [-0.15, -0.1) is 0 Å². The van der Waals surface area contributed by atoms with Crippen molar-refractivity contribution in [1.82, 2.24) is 5.32 Å². The van der Waals surface area contributed by atoms with Gasteiger partial charge < -0.3 is 10.2 Å². The molecule has 0 aliphatic carbocycles. The van der Waals surface area contributed by atoms with Crippen LogP contribution in [0.2, 0.25) is 0 Å². The third kappa shape index (κ3) is 1.94. The van der Waals surface area contributed by atoms with Crippen molar-refractivity contribution in [2.75, 3.05) is 31.1 Å². The van der Waals surface area contributed by atoms with Crippen LogP contribution in [-0.4, -0.2) is 26.2 Å². The van der Waals surface area contributed by atoms with E-state index in [1.54, 1.807) is 11.1 Å². The zero-order valence-electron chi connectivity index (χ0n) is 9.84. The average molecular weight is 216 g/mol. The lowest BCUT2D eigenvalue weighted by Crippen LogP contribution is -2.18. The summed E-state index contributed by atoms with van der Waals surface area (Å²) in [6, 6.07) is 7.08. The molecule has 2 heterocycles. The summed E-state index contributed by atoms with van der Waals surface area (Å²) in [5, 5.41) is 3.47. The Bertz CT molecular complexity index is 367. The highest BCUT2D eigenvalue weighted by atomic mass is 15.1. The fraction of sp³-hybridized carbons (Fsp3) is 0.571. The van der Waals surface area contributed by atoms with Crippen molar-refractivity contribution in [3.05, 3.63) is 29.3 Å². The van der Waals surface area contributed by atoms with E-state index in [0.717, 1.165) is 13.1 Å². The Kier molecular flexibility index (Phi) is 2.83. The fourth-order valence-corrected chi connectivity index (χ4v) is 2.83. The van der Waals surface area contributed by atoms with Gasteiger partial charge in [0.1, 0.15) is 0 Å². The van der Waals surface area contributed by atoms with Crippen LogP contribution in [0.5, 0.6) is 0 Å². The molecule has 0 aromatic heterocycles. The van der Waals surface area contributed by atoms with E-state index < -0.39 is 0 Å². The minimum Gasteiger partial charge on any atom is -0.372 e. The van der Waals surface area contributed by atoms with Crippen LogP contribution in [0.15, 0.2) is 18.2 Å². The Hall–Kier alpha value is -1.02. The van der Waals surface area contributed by atoms with Crippen molar-refractivity contribution < 1.29 is 0 Å². The minimum atomic E-state index is 1.13. The monoisotopic (exact) mass is 216 g/mol. The van der Waals surface area contributed by atoms with E-state index in [9.17, 15) is 0 Å². The van der Waals surface area contributed by atoms with Crippen LogP contribution in [-0.2, 0) is 12.8 Å². The number of nitrogens with one attached hydrogen (secondary N) is 1. The molecule has 1 aromatic carbocycles. The molecule has 0 amide bonds. The molecule has 2 aliphatic rings. The molecule has 1 N–H and O–H groups in total. The fourth-order valence-electron chi connectivity index (χ4n) is 2.83. The molecular weight excluding hydrogens is 196 g/mol. The second-order valence-corrected chi connectivity index (χ2v) is 4.90. The molecule has 3 rings (SSSR count). The first-order valence-electron chi connectivity index (χ1n) is 6.51. The molecule has 1 fully saturated rings. The second kappa shape index (κ2) is 4.46. The van der Waals surface area contributed by atoms with Crippen molar-refractivity contribution in [2.24, 2.45) is 0 Å². The minimum absolute atomic E-state index is 1.13. The molecule has 0 saturated carbocycles. The zero-order chi connectivity index (χ0) is 10.8. The molecule has 0 atom stereocenters. The van der Waals surface area contributed by atoms with Crippen molar-refractivity contribution in [3.8, 4) is 0 Å². The van der Waals surface area contributed by atoms with Gasteiger partial charge in [0.05, 0.1) is 0 Å². The highest BCUT2D eigenvalue weighted by Gasteiger charge is 2.14. The number of nitrogens with zero attached hydrogens (tertiary/aromatic N) is 1. The quantitative estimate of drug-likeness (QED) is 0.772. The molecule has 86 valence electrons. The molecule has 2 nitrogen and oxygen atoms in total. The maximum Gasteiger partial charge on any atom is 0.0369 e. The molecule has 0 bridgehead atoms. The van der Waals surface area contributed by atoms with Crippen LogP contribution in [0.1, 0.15) is 24.0 Å². The topological polar surface area (TPSA) is 15.3 Å². The molecule has 0 spiro atoms. The number of hydrogen-bond acceptors (Lipinski definition) is 2. The van der Waals surface area contributed by atoms with E-state index in [-0.39, 0.29) is 0 Å². The van der Waals surface area contributed by atoms with Gasteiger partial charge in [-0.2, -0.15) is 0 Å². The van der Waals surface area contributed by atoms with E-state index in [1.165, 1.54) is 44.5 Å². The summed E-state index contributed by atoms with van der Waals surface area (Å²) in [5.41, 5.74) is 4.56. The Balaban J connectivity index is 1.88. The Morgan fingerprint density at radius 2 is 1.69 bits per heavy atom. The summed E-state index contributed by atoms with van der Waals surface area (Å²) in [4.78, 5) is 2.53. The summed E-state index contributed by atoms with van der Waals surface area (Å²) >= 11 is 0. The van der Waals surface area contributed by atoms with Gasteiger partial charge in [-0.05, 0) is 62.0 Å². The lowest BCUT2D eigenvalue weighted by molar-refractivity contribution is 0.711. The van der Waals surface area contributed by atoms with Crippen LogP contribution >= 0.6 is 0 Å². The van der Waals surface area contributed by atoms with Crippen molar-refractivity contribution >= 4 is 5.69 Å². The summed E-state index contributed by atoms with van der Waals surface area (Å²) < 4.78 is 0. The highest BCUT2D eigenvalue weighted by Crippen LogP contribution is 2.24. The van der Waals surface area contributed by atoms with Crippen LogP contribution in [0.25, 0.3) is 0 Å². The predicted octanol–water partition coefficient (Wildman–Crippen LogP) is 1.98. The normalized spacial score (nSPS) is 20.6. The smallest absolute Gasteiger partial charge is 0.0369 e. The van der Waals surface area contributed by atoms with E-state index >= 15 is 0 Å². The maximum absolute atomic E-state index is 3.47. The molecule has 0 radical (unpaired) electrons. The molecule has 1 aromatic rings. The van der Waals surface area contributed by atoms with Gasteiger partial charge in [-0.25, -0.2) is 0 Å². The highest BCUT2D eigenvalue weighted by molar-refractivity contribution is 5.52. The largest absolute Gasteiger partial charge is 0.372 e. The van der Waals surface area contributed by atoms with Crippen LogP contribution < -0.4 is 10.2 Å². The molecule has 16 heavy (non-hydrogen) atoms. The van der Waals surface area contributed by atoms with Gasteiger partial charge in [0.15, 0.2) is 0 Å². The summed E-state index contributed by atoms with van der Waals surface area (Å²) in [6.07, 6.45) is 5.10. The maximum atomic E-state index is 3.47. The number of hydrogen-bond donors (Lipinski definition) is 1. The van der Waals surface area contributed by atoms with Crippen LogP contribution in [0.3, 0.4) is 0 Å². The summed E-state index contributed by atoms with van der Waals surface area (Å²) in [5.74, 6) is 0. The number of fused-ring (bicyclic) bond motifs is 1. The van der Waals surface area contributed by atoms with Gasteiger partial charge in [0, 0.05) is 18.8 Å². The summed E-state index contributed by atoms with van der Waals surface area (Å²) in [7, 11) is 0. The van der Waals surface area contributed by atoms with Crippen LogP contribution in [0.4, 0.5) is 5.69 Å². The van der Waals surface area contributed by atoms with Crippen LogP contribution in [0, 0.1) is 0 Å². The first-order valence-corrected chi connectivity index (χ1v) is 6.51. The van der Waals surface area contributed by atoms with Gasteiger partial charge in [-0.3, -0.25) is 0 Å². The van der Waals surface area contributed by atoms with Gasteiger partial charge in [0.2, 0.25) is 0 Å². The average Bonchev–Trinajstić information content (AvgIpc) is 2.74. The predicted molar refractivity (Wildman–Crippen MR) is 68.2 cm³/mol. The van der Waals surface area contributed by atoms with Gasteiger partial charge >= 0.3 is 0 Å². The first kappa shape index (κ1) is 10.2. The molecule has 2 heteroatoms. The van der Waals surface area contributed by atoms with E-state index in [2.05, 4.69) is 28.4 Å².